The first kappa shape index (κ1) is 17.9. The highest BCUT2D eigenvalue weighted by molar-refractivity contribution is 6.36. The number of aromatic amines is 1. The molecule has 3 aromatic heterocycles. The van der Waals surface area contributed by atoms with Gasteiger partial charge in [0, 0.05) is 53.7 Å². The smallest absolute Gasteiger partial charge is 0.160 e. The first-order chi connectivity index (χ1) is 13.0. The fourth-order valence-electron chi connectivity index (χ4n) is 3.04. The number of nitrogens with one attached hydrogen (secondary N) is 1. The molecule has 4 rings (SSSR count). The molecule has 9 heteroatoms. The summed E-state index contributed by atoms with van der Waals surface area (Å²) in [5.74, 6) is -0.561. The van der Waals surface area contributed by atoms with Gasteiger partial charge in [0.05, 0.1) is 16.9 Å². The van der Waals surface area contributed by atoms with E-state index in [1.54, 1.807) is 17.1 Å². The zero-order valence-electron chi connectivity index (χ0n) is 14.4. The van der Waals surface area contributed by atoms with Crippen molar-refractivity contribution in [3.63, 3.8) is 0 Å². The average Bonchev–Trinajstić information content (AvgIpc) is 3.28. The quantitative estimate of drug-likeness (QED) is 0.506. The average molecular weight is 406 g/mol. The monoisotopic (exact) mass is 405 g/mol. The number of methoxy groups -OCH3 is 1. The van der Waals surface area contributed by atoms with Crippen molar-refractivity contribution >= 4 is 34.2 Å². The summed E-state index contributed by atoms with van der Waals surface area (Å²) in [4.78, 5) is 3.06. The molecule has 4 aromatic rings. The summed E-state index contributed by atoms with van der Waals surface area (Å²) in [6.07, 6.45) is 4.60. The zero-order chi connectivity index (χ0) is 19.1. The SMILES string of the molecule is COC(c1c(Cl)ccc(F)c1Cl)c1c[nH]c2nnc(-c3cnn(C)c3)cc12. The number of rotatable bonds is 4. The van der Waals surface area contributed by atoms with Crippen LogP contribution in [0.25, 0.3) is 22.3 Å². The van der Waals surface area contributed by atoms with Gasteiger partial charge in [-0.05, 0) is 18.2 Å². The Morgan fingerprint density at radius 1 is 1.26 bits per heavy atom. The first-order valence-electron chi connectivity index (χ1n) is 7.99. The molecule has 0 saturated heterocycles. The number of H-pyrrole nitrogens is 1. The van der Waals surface area contributed by atoms with Gasteiger partial charge in [-0.1, -0.05) is 23.2 Å². The van der Waals surface area contributed by atoms with E-state index in [0.29, 0.717) is 21.9 Å². The van der Waals surface area contributed by atoms with Gasteiger partial charge in [0.2, 0.25) is 0 Å². The Bertz CT molecular complexity index is 1140. The molecule has 0 aliphatic carbocycles. The number of benzene rings is 1. The molecular formula is C18H14Cl2FN5O. The predicted molar refractivity (Wildman–Crippen MR) is 101 cm³/mol. The lowest BCUT2D eigenvalue weighted by atomic mass is 10.0. The Kier molecular flexibility index (Phi) is 4.59. The van der Waals surface area contributed by atoms with E-state index in [1.165, 1.54) is 19.2 Å². The highest BCUT2D eigenvalue weighted by Crippen LogP contribution is 2.40. The van der Waals surface area contributed by atoms with Crippen LogP contribution in [-0.4, -0.2) is 32.1 Å². The van der Waals surface area contributed by atoms with Crippen LogP contribution in [0.2, 0.25) is 10.0 Å². The molecule has 0 spiro atoms. The minimum absolute atomic E-state index is 0.0711. The van der Waals surface area contributed by atoms with Gasteiger partial charge in [0.1, 0.15) is 11.9 Å². The Morgan fingerprint density at radius 2 is 2.07 bits per heavy atom. The van der Waals surface area contributed by atoms with Gasteiger partial charge in [-0.3, -0.25) is 4.68 Å². The van der Waals surface area contributed by atoms with Gasteiger partial charge in [-0.15, -0.1) is 10.2 Å². The van der Waals surface area contributed by atoms with Gasteiger partial charge in [0.15, 0.2) is 5.65 Å². The molecule has 0 bridgehead atoms. The van der Waals surface area contributed by atoms with Crippen molar-refractivity contribution < 1.29 is 9.13 Å². The number of fused-ring (bicyclic) bond motifs is 1. The van der Waals surface area contributed by atoms with Gasteiger partial charge in [0.25, 0.3) is 0 Å². The molecule has 0 aliphatic rings. The molecule has 1 aromatic carbocycles. The minimum Gasteiger partial charge on any atom is -0.372 e. The number of hydrogen-bond donors (Lipinski definition) is 1. The van der Waals surface area contributed by atoms with Gasteiger partial charge >= 0.3 is 0 Å². The third-order valence-electron chi connectivity index (χ3n) is 4.33. The highest BCUT2D eigenvalue weighted by Gasteiger charge is 2.25. The summed E-state index contributed by atoms with van der Waals surface area (Å²) in [6, 6.07) is 4.56. The molecule has 0 aliphatic heterocycles. The van der Waals surface area contributed by atoms with Crippen molar-refractivity contribution in [2.24, 2.45) is 7.05 Å². The Hall–Kier alpha value is -2.48. The second kappa shape index (κ2) is 6.92. The van der Waals surface area contributed by atoms with Gasteiger partial charge in [-0.25, -0.2) is 4.39 Å². The standard InChI is InChI=1S/C18H14Cl2FN5O/c1-26-8-9(6-23-26)14-5-10-11(7-22-18(10)25-24-14)17(27-2)15-12(19)3-4-13(21)16(15)20/h3-8,17H,1-2H3,(H,22,25). The second-order valence-corrected chi connectivity index (χ2v) is 6.80. The van der Waals surface area contributed by atoms with Crippen molar-refractivity contribution in [3.8, 4) is 11.3 Å². The van der Waals surface area contributed by atoms with E-state index in [-0.39, 0.29) is 5.02 Å². The maximum absolute atomic E-state index is 14.0. The summed E-state index contributed by atoms with van der Waals surface area (Å²) in [7, 11) is 3.34. The maximum Gasteiger partial charge on any atom is 0.160 e. The van der Waals surface area contributed by atoms with Crippen LogP contribution in [0, 0.1) is 5.82 Å². The number of ether oxygens (including phenoxy) is 1. The number of aromatic nitrogens is 5. The number of hydrogen-bond acceptors (Lipinski definition) is 4. The highest BCUT2D eigenvalue weighted by atomic mass is 35.5. The molecular weight excluding hydrogens is 392 g/mol. The van der Waals surface area contributed by atoms with Crippen LogP contribution in [0.3, 0.4) is 0 Å². The van der Waals surface area contributed by atoms with Crippen molar-refractivity contribution in [3.05, 3.63) is 63.8 Å². The fraction of sp³-hybridized carbons (Fsp3) is 0.167. The van der Waals surface area contributed by atoms with Crippen molar-refractivity contribution in [2.45, 2.75) is 6.10 Å². The van der Waals surface area contributed by atoms with E-state index < -0.39 is 11.9 Å². The van der Waals surface area contributed by atoms with E-state index in [1.807, 2.05) is 19.3 Å². The summed E-state index contributed by atoms with van der Waals surface area (Å²) in [6.45, 7) is 0. The van der Waals surface area contributed by atoms with Crippen LogP contribution in [0.1, 0.15) is 17.2 Å². The summed E-state index contributed by atoms with van der Waals surface area (Å²) >= 11 is 12.5. The van der Waals surface area contributed by atoms with Crippen molar-refractivity contribution in [1.29, 1.82) is 0 Å². The Labute approximate surface area is 163 Å². The molecule has 138 valence electrons. The third kappa shape index (κ3) is 3.07. The van der Waals surface area contributed by atoms with E-state index in [4.69, 9.17) is 27.9 Å². The molecule has 0 fully saturated rings. The zero-order valence-corrected chi connectivity index (χ0v) is 15.9. The summed E-state index contributed by atoms with van der Waals surface area (Å²) in [5.41, 5.74) is 3.14. The molecule has 1 N–H and O–H groups in total. The molecule has 6 nitrogen and oxygen atoms in total. The van der Waals surface area contributed by atoms with Gasteiger partial charge < -0.3 is 9.72 Å². The van der Waals surface area contributed by atoms with Crippen molar-refractivity contribution in [2.75, 3.05) is 7.11 Å². The first-order valence-corrected chi connectivity index (χ1v) is 8.75. The normalized spacial score (nSPS) is 12.6. The maximum atomic E-state index is 14.0. The lowest BCUT2D eigenvalue weighted by Gasteiger charge is -2.18. The van der Waals surface area contributed by atoms with Crippen LogP contribution in [0.4, 0.5) is 4.39 Å². The third-order valence-corrected chi connectivity index (χ3v) is 5.04. The van der Waals surface area contributed by atoms with E-state index in [2.05, 4.69) is 20.3 Å². The fourth-order valence-corrected chi connectivity index (χ4v) is 3.61. The molecule has 1 atom stereocenters. The molecule has 27 heavy (non-hydrogen) atoms. The number of halogens is 3. The van der Waals surface area contributed by atoms with E-state index in [9.17, 15) is 4.39 Å². The molecule has 0 amide bonds. The largest absolute Gasteiger partial charge is 0.372 e. The number of nitrogens with zero attached hydrogens (tertiary/aromatic N) is 4. The predicted octanol–water partition coefficient (Wildman–Crippen LogP) is 4.54. The topological polar surface area (TPSA) is 68.6 Å². The molecule has 3 heterocycles. The Balaban J connectivity index is 1.89. The Morgan fingerprint density at radius 3 is 2.78 bits per heavy atom. The van der Waals surface area contributed by atoms with E-state index in [0.717, 1.165) is 16.5 Å². The van der Waals surface area contributed by atoms with Crippen LogP contribution >= 0.6 is 23.2 Å². The lowest BCUT2D eigenvalue weighted by molar-refractivity contribution is 0.137. The minimum atomic E-state index is -0.680. The van der Waals surface area contributed by atoms with Crippen LogP contribution in [0.5, 0.6) is 0 Å². The summed E-state index contributed by atoms with van der Waals surface area (Å²) in [5, 5.41) is 13.6. The number of aryl methyl sites for hydroxylation is 1. The van der Waals surface area contributed by atoms with Crippen LogP contribution < -0.4 is 0 Å². The molecule has 1 unspecified atom stereocenters. The van der Waals surface area contributed by atoms with Gasteiger partial charge in [-0.2, -0.15) is 5.10 Å². The van der Waals surface area contributed by atoms with E-state index >= 15 is 0 Å². The molecule has 0 radical (unpaired) electrons. The summed E-state index contributed by atoms with van der Waals surface area (Å²) < 4.78 is 21.3. The second-order valence-electron chi connectivity index (χ2n) is 6.01. The van der Waals surface area contributed by atoms with Crippen molar-refractivity contribution in [1.82, 2.24) is 25.0 Å². The van der Waals surface area contributed by atoms with Crippen LogP contribution in [0.15, 0.2) is 36.8 Å². The van der Waals surface area contributed by atoms with Crippen LogP contribution in [-0.2, 0) is 11.8 Å². The lowest BCUT2D eigenvalue weighted by Crippen LogP contribution is -2.06. The molecule has 0 saturated carbocycles.